The first-order valence-corrected chi connectivity index (χ1v) is 10.7. The normalized spacial score (nSPS) is 22.8. The predicted octanol–water partition coefficient (Wildman–Crippen LogP) is 3.03. The van der Waals surface area contributed by atoms with Gasteiger partial charge in [-0.1, -0.05) is 42.8 Å². The third-order valence-corrected chi connectivity index (χ3v) is 6.61. The van der Waals surface area contributed by atoms with Crippen molar-refractivity contribution < 1.29 is 14.7 Å². The second-order valence-corrected chi connectivity index (χ2v) is 8.62. The third-order valence-electron chi connectivity index (χ3n) is 6.61. The number of hydrogen-bond donors (Lipinski definition) is 1. The van der Waals surface area contributed by atoms with E-state index in [0.29, 0.717) is 5.56 Å². The lowest BCUT2D eigenvalue weighted by Gasteiger charge is -2.53. The van der Waals surface area contributed by atoms with Gasteiger partial charge in [0.1, 0.15) is 6.04 Å². The molecule has 0 spiro atoms. The number of aliphatic hydroxyl groups excluding tert-OH is 1. The molecule has 2 aromatic rings. The fourth-order valence-corrected chi connectivity index (χ4v) is 4.54. The van der Waals surface area contributed by atoms with Gasteiger partial charge in [-0.05, 0) is 41.7 Å². The molecule has 6 nitrogen and oxygen atoms in total. The van der Waals surface area contributed by atoms with Crippen LogP contribution in [0.2, 0.25) is 0 Å². The minimum Gasteiger partial charge on any atom is -0.394 e. The zero-order valence-electron chi connectivity index (χ0n) is 17.9. The zero-order chi connectivity index (χ0) is 22.1. The van der Waals surface area contributed by atoms with Gasteiger partial charge in [-0.25, -0.2) is 0 Å². The van der Waals surface area contributed by atoms with Crippen molar-refractivity contribution in [3.63, 3.8) is 0 Å². The quantitative estimate of drug-likeness (QED) is 0.810. The first kappa shape index (κ1) is 21.1. The molecule has 3 atom stereocenters. The number of hydrogen-bond acceptors (Lipinski definition) is 4. The highest BCUT2D eigenvalue weighted by atomic mass is 16.3. The van der Waals surface area contributed by atoms with Gasteiger partial charge in [-0.15, -0.1) is 0 Å². The van der Waals surface area contributed by atoms with Crippen LogP contribution in [-0.2, 0) is 4.79 Å². The highest BCUT2D eigenvalue weighted by Gasteiger charge is 2.53. The highest BCUT2D eigenvalue weighted by molar-refractivity contribution is 5.94. The molecule has 1 aliphatic heterocycles. The molecule has 0 aromatic heterocycles. The van der Waals surface area contributed by atoms with Crippen molar-refractivity contribution in [3.05, 3.63) is 59.7 Å². The summed E-state index contributed by atoms with van der Waals surface area (Å²) in [4.78, 5) is 27.9. The number of nitrogens with zero attached hydrogens (tertiary/aromatic N) is 3. The molecule has 1 saturated heterocycles. The van der Waals surface area contributed by atoms with Crippen LogP contribution in [0.5, 0.6) is 0 Å². The van der Waals surface area contributed by atoms with Crippen molar-refractivity contribution in [3.8, 4) is 17.2 Å². The minimum absolute atomic E-state index is 0.00979. The molecule has 1 saturated carbocycles. The fourth-order valence-electron chi connectivity index (χ4n) is 4.54. The maximum Gasteiger partial charge on any atom is 0.253 e. The van der Waals surface area contributed by atoms with E-state index in [2.05, 4.69) is 6.07 Å². The van der Waals surface area contributed by atoms with Crippen molar-refractivity contribution in [1.29, 1.82) is 5.26 Å². The van der Waals surface area contributed by atoms with Crippen molar-refractivity contribution in [2.24, 2.45) is 5.92 Å². The van der Waals surface area contributed by atoms with Gasteiger partial charge in [0.25, 0.3) is 5.91 Å². The van der Waals surface area contributed by atoms with Gasteiger partial charge in [0.05, 0.1) is 18.7 Å². The van der Waals surface area contributed by atoms with Crippen LogP contribution in [0.4, 0.5) is 0 Å². The largest absolute Gasteiger partial charge is 0.394 e. The molecule has 0 bridgehead atoms. The van der Waals surface area contributed by atoms with Gasteiger partial charge in [0.15, 0.2) is 0 Å². The maximum atomic E-state index is 12.7. The topological polar surface area (TPSA) is 84.6 Å². The lowest BCUT2D eigenvalue weighted by atomic mass is 9.73. The molecule has 2 aliphatic rings. The summed E-state index contributed by atoms with van der Waals surface area (Å²) in [7, 11) is 3.45. The van der Waals surface area contributed by atoms with Gasteiger partial charge in [-0.3, -0.25) is 9.59 Å². The Morgan fingerprint density at radius 3 is 2.10 bits per heavy atom. The van der Waals surface area contributed by atoms with Gasteiger partial charge in [0.2, 0.25) is 5.91 Å². The number of amides is 2. The number of carbonyl (C=O) groups excluding carboxylic acids is 2. The van der Waals surface area contributed by atoms with E-state index in [4.69, 9.17) is 0 Å². The van der Waals surface area contributed by atoms with E-state index >= 15 is 0 Å². The summed E-state index contributed by atoms with van der Waals surface area (Å²) in [6.45, 7) is -0.148. The Hall–Kier alpha value is -3.17. The lowest BCUT2D eigenvalue weighted by molar-refractivity contribution is -0.154. The van der Waals surface area contributed by atoms with Crippen LogP contribution in [0.3, 0.4) is 0 Å². The van der Waals surface area contributed by atoms with Gasteiger partial charge < -0.3 is 14.9 Å². The first-order chi connectivity index (χ1) is 15.0. The Labute approximate surface area is 182 Å². The van der Waals surface area contributed by atoms with Crippen LogP contribution in [-0.4, -0.2) is 59.5 Å². The summed E-state index contributed by atoms with van der Waals surface area (Å²) >= 11 is 0. The molecule has 1 heterocycles. The molecule has 2 aromatic carbocycles. The number of carbonyl (C=O) groups is 2. The molecule has 4 rings (SSSR count). The molecular weight excluding hydrogens is 390 g/mol. The van der Waals surface area contributed by atoms with E-state index in [-0.39, 0.29) is 36.3 Å². The summed E-state index contributed by atoms with van der Waals surface area (Å²) in [6, 6.07) is 16.8. The van der Waals surface area contributed by atoms with Gasteiger partial charge in [0, 0.05) is 31.5 Å². The van der Waals surface area contributed by atoms with Crippen LogP contribution in [0.15, 0.2) is 48.5 Å². The Balaban J connectivity index is 1.52. The molecular formula is C25H27N3O3. The molecule has 6 heteroatoms. The maximum absolute atomic E-state index is 12.7. The summed E-state index contributed by atoms with van der Waals surface area (Å²) < 4.78 is 0. The van der Waals surface area contributed by atoms with E-state index in [1.807, 2.05) is 48.5 Å². The second-order valence-electron chi connectivity index (χ2n) is 8.62. The summed E-state index contributed by atoms with van der Waals surface area (Å²) in [5.41, 5.74) is 3.58. The fraction of sp³-hybridized carbons (Fsp3) is 0.400. The number of nitriles is 1. The van der Waals surface area contributed by atoms with Crippen LogP contribution >= 0.6 is 0 Å². The predicted molar refractivity (Wildman–Crippen MR) is 117 cm³/mol. The van der Waals surface area contributed by atoms with Crippen LogP contribution in [0, 0.1) is 17.2 Å². The molecule has 0 radical (unpaired) electrons. The van der Waals surface area contributed by atoms with Crippen molar-refractivity contribution in [1.82, 2.24) is 9.80 Å². The molecule has 0 unspecified atom stereocenters. The molecule has 1 N–H and O–H groups in total. The van der Waals surface area contributed by atoms with Crippen molar-refractivity contribution in [2.75, 3.05) is 20.7 Å². The van der Waals surface area contributed by atoms with E-state index < -0.39 is 6.04 Å². The van der Waals surface area contributed by atoms with Crippen molar-refractivity contribution >= 4 is 11.8 Å². The number of rotatable bonds is 5. The molecule has 2 amide bonds. The Morgan fingerprint density at radius 2 is 1.65 bits per heavy atom. The molecule has 31 heavy (non-hydrogen) atoms. The zero-order valence-corrected chi connectivity index (χ0v) is 17.9. The average molecular weight is 418 g/mol. The number of benzene rings is 2. The monoisotopic (exact) mass is 417 g/mol. The van der Waals surface area contributed by atoms with Crippen LogP contribution in [0.25, 0.3) is 11.1 Å². The smallest absolute Gasteiger partial charge is 0.253 e. The molecule has 1 aliphatic carbocycles. The summed E-state index contributed by atoms with van der Waals surface area (Å²) in [6.07, 6.45) is 2.81. The van der Waals surface area contributed by atoms with E-state index in [1.165, 1.54) is 0 Å². The van der Waals surface area contributed by atoms with Crippen LogP contribution in [0.1, 0.15) is 41.1 Å². The third kappa shape index (κ3) is 3.70. The Kier molecular flexibility index (Phi) is 5.79. The van der Waals surface area contributed by atoms with E-state index in [0.717, 1.165) is 36.0 Å². The van der Waals surface area contributed by atoms with Gasteiger partial charge >= 0.3 is 0 Å². The Bertz CT molecular complexity index is 1000. The number of likely N-dealkylation sites (tertiary alicyclic amines) is 1. The first-order valence-electron chi connectivity index (χ1n) is 10.7. The van der Waals surface area contributed by atoms with Crippen LogP contribution < -0.4 is 0 Å². The summed E-state index contributed by atoms with van der Waals surface area (Å²) in [5.74, 6) is -0.203. The van der Waals surface area contributed by atoms with E-state index in [1.54, 1.807) is 23.9 Å². The highest BCUT2D eigenvalue weighted by Crippen LogP contribution is 2.43. The number of aliphatic hydroxyl groups is 1. The Morgan fingerprint density at radius 1 is 1.06 bits per heavy atom. The average Bonchev–Trinajstić information content (AvgIpc) is 2.72. The van der Waals surface area contributed by atoms with E-state index in [9.17, 15) is 20.0 Å². The second kappa shape index (κ2) is 8.52. The summed E-state index contributed by atoms with van der Waals surface area (Å²) in [5, 5.41) is 19.6. The standard InChI is InChI=1S/C25H27N3O3/c1-27(2)24(30)20-12-8-17(9-13-20)16-6-10-18(11-7-16)23-21(14-26)28(22(23)15-29)25(31)19-4-3-5-19/h6-13,19,21-23,29H,3-5,15H2,1-2H3/t21-,22+,23-/m1/s1. The minimum atomic E-state index is -0.535. The molecule has 160 valence electrons. The SMILES string of the molecule is CN(C)C(=O)c1ccc(-c2ccc([C@@H]3[C@@H](C#N)N(C(=O)C4CCC4)[C@H]3CO)cc2)cc1. The van der Waals surface area contributed by atoms with Crippen molar-refractivity contribution in [2.45, 2.75) is 37.3 Å². The van der Waals surface area contributed by atoms with Gasteiger partial charge in [-0.2, -0.15) is 5.26 Å². The molecule has 2 fully saturated rings. The lowest BCUT2D eigenvalue weighted by Crippen LogP contribution is -2.66.